The summed E-state index contributed by atoms with van der Waals surface area (Å²) in [4.78, 5) is 0. The Bertz CT molecular complexity index is 297. The first-order valence-electron chi connectivity index (χ1n) is 5.53. The number of benzene rings is 1. The zero-order valence-corrected chi connectivity index (χ0v) is 9.69. The predicted molar refractivity (Wildman–Crippen MR) is 68.3 cm³/mol. The van der Waals surface area contributed by atoms with Crippen molar-refractivity contribution in [2.45, 2.75) is 18.9 Å². The largest absolute Gasteiger partial charge is 0.371 e. The van der Waals surface area contributed by atoms with Crippen LogP contribution in [0.15, 0.2) is 35.4 Å². The van der Waals surface area contributed by atoms with E-state index in [-0.39, 0.29) is 0 Å². The number of hydrogen-bond acceptors (Lipinski definition) is 3. The van der Waals surface area contributed by atoms with Gasteiger partial charge in [0.1, 0.15) is 6.34 Å². The fourth-order valence-corrected chi connectivity index (χ4v) is 1.62. The third kappa shape index (κ3) is 4.79. The number of nitrogens with one attached hydrogen (secondary N) is 2. The van der Waals surface area contributed by atoms with Crippen LogP contribution in [0.1, 0.15) is 12.0 Å². The molecule has 0 amide bonds. The van der Waals surface area contributed by atoms with Crippen molar-refractivity contribution in [2.75, 3.05) is 13.6 Å². The Hall–Kier alpha value is -1.55. The summed E-state index contributed by atoms with van der Waals surface area (Å²) in [5.74, 6) is 5.07. The van der Waals surface area contributed by atoms with Gasteiger partial charge in [0.2, 0.25) is 0 Å². The monoisotopic (exact) mass is 220 g/mol. The van der Waals surface area contributed by atoms with E-state index < -0.39 is 0 Å². The molecular formula is C12H20N4. The van der Waals surface area contributed by atoms with Crippen LogP contribution in [0.2, 0.25) is 0 Å². The third-order valence-electron chi connectivity index (χ3n) is 2.46. The smallest absolute Gasteiger partial charge is 0.108 e. The molecule has 4 N–H and O–H groups in total. The van der Waals surface area contributed by atoms with E-state index in [9.17, 15) is 0 Å². The minimum Gasteiger partial charge on any atom is -0.371 e. The van der Waals surface area contributed by atoms with Crippen molar-refractivity contribution in [2.24, 2.45) is 10.9 Å². The molecule has 4 nitrogen and oxygen atoms in total. The minimum absolute atomic E-state index is 0.359. The second-order valence-corrected chi connectivity index (χ2v) is 3.72. The van der Waals surface area contributed by atoms with Gasteiger partial charge in [0.25, 0.3) is 0 Å². The third-order valence-corrected chi connectivity index (χ3v) is 2.46. The molecule has 1 aromatic carbocycles. The van der Waals surface area contributed by atoms with Gasteiger partial charge < -0.3 is 16.5 Å². The molecule has 0 aliphatic rings. The van der Waals surface area contributed by atoms with Crippen molar-refractivity contribution in [1.29, 1.82) is 0 Å². The summed E-state index contributed by atoms with van der Waals surface area (Å²) in [7, 11) is 1.94. The van der Waals surface area contributed by atoms with Crippen molar-refractivity contribution in [3.8, 4) is 0 Å². The standard InChI is InChI=1S/C12H20N4/c1-14-9-12(15-10-16-13)8-7-11-5-3-2-4-6-11/h2-6,10,12,14H,7-9,13H2,1H3,(H,15,16). The van der Waals surface area contributed by atoms with E-state index in [0.29, 0.717) is 6.04 Å². The highest BCUT2D eigenvalue weighted by atomic mass is 15.2. The molecule has 0 aliphatic heterocycles. The van der Waals surface area contributed by atoms with Crippen LogP contribution in [0.5, 0.6) is 0 Å². The van der Waals surface area contributed by atoms with Gasteiger partial charge in [-0.05, 0) is 25.5 Å². The number of hydrazone groups is 1. The molecule has 88 valence electrons. The van der Waals surface area contributed by atoms with E-state index in [0.717, 1.165) is 19.4 Å². The maximum Gasteiger partial charge on any atom is 0.108 e. The first kappa shape index (κ1) is 12.5. The summed E-state index contributed by atoms with van der Waals surface area (Å²) in [6.07, 6.45) is 3.66. The number of nitrogens with zero attached hydrogens (tertiary/aromatic N) is 1. The van der Waals surface area contributed by atoms with Crippen molar-refractivity contribution < 1.29 is 0 Å². The van der Waals surface area contributed by atoms with E-state index >= 15 is 0 Å². The zero-order valence-electron chi connectivity index (χ0n) is 9.69. The maximum atomic E-state index is 5.07. The quantitative estimate of drug-likeness (QED) is 0.274. The number of likely N-dealkylation sites (N-methyl/N-ethyl adjacent to an activating group) is 1. The lowest BCUT2D eigenvalue weighted by molar-refractivity contribution is 0.534. The van der Waals surface area contributed by atoms with E-state index in [2.05, 4.69) is 40.0 Å². The lowest BCUT2D eigenvalue weighted by Gasteiger charge is -2.16. The lowest BCUT2D eigenvalue weighted by Crippen LogP contribution is -2.37. The maximum absolute atomic E-state index is 5.07. The SMILES string of the molecule is CNCC(CCc1ccccc1)N/C=N\N. The average molecular weight is 220 g/mol. The van der Waals surface area contributed by atoms with E-state index in [1.54, 1.807) is 6.34 Å². The van der Waals surface area contributed by atoms with Gasteiger partial charge in [0.05, 0.1) is 0 Å². The highest BCUT2D eigenvalue weighted by Crippen LogP contribution is 2.04. The summed E-state index contributed by atoms with van der Waals surface area (Å²) in [5, 5.41) is 9.76. The van der Waals surface area contributed by atoms with Crippen molar-refractivity contribution in [3.05, 3.63) is 35.9 Å². The zero-order chi connectivity index (χ0) is 11.6. The molecular weight excluding hydrogens is 200 g/mol. The molecule has 4 heteroatoms. The van der Waals surface area contributed by atoms with Crippen molar-refractivity contribution >= 4 is 6.34 Å². The molecule has 0 radical (unpaired) electrons. The molecule has 1 rings (SSSR count). The Morgan fingerprint density at radius 1 is 1.38 bits per heavy atom. The molecule has 16 heavy (non-hydrogen) atoms. The van der Waals surface area contributed by atoms with Gasteiger partial charge in [0.15, 0.2) is 0 Å². The van der Waals surface area contributed by atoms with Crippen molar-refractivity contribution in [1.82, 2.24) is 10.6 Å². The van der Waals surface area contributed by atoms with Crippen LogP contribution >= 0.6 is 0 Å². The second-order valence-electron chi connectivity index (χ2n) is 3.72. The Morgan fingerprint density at radius 3 is 2.75 bits per heavy atom. The number of rotatable bonds is 7. The highest BCUT2D eigenvalue weighted by Gasteiger charge is 2.05. The Kier molecular flexibility index (Phi) is 6.03. The first-order chi connectivity index (χ1) is 7.86. The van der Waals surface area contributed by atoms with Gasteiger partial charge >= 0.3 is 0 Å². The first-order valence-corrected chi connectivity index (χ1v) is 5.53. The normalized spacial score (nSPS) is 12.8. The van der Waals surface area contributed by atoms with Crippen LogP contribution in [0.3, 0.4) is 0 Å². The van der Waals surface area contributed by atoms with Crippen LogP contribution in [0.4, 0.5) is 0 Å². The molecule has 0 bridgehead atoms. The summed E-state index contributed by atoms with van der Waals surface area (Å²) in [6.45, 7) is 0.902. The molecule has 0 saturated heterocycles. The molecule has 0 aliphatic carbocycles. The topological polar surface area (TPSA) is 62.4 Å². The molecule has 0 heterocycles. The summed E-state index contributed by atoms with van der Waals surface area (Å²) in [6, 6.07) is 10.8. The minimum atomic E-state index is 0.359. The number of nitrogens with two attached hydrogens (primary N) is 1. The van der Waals surface area contributed by atoms with Crippen LogP contribution < -0.4 is 16.5 Å². The van der Waals surface area contributed by atoms with Crippen molar-refractivity contribution in [3.63, 3.8) is 0 Å². The Morgan fingerprint density at radius 2 is 2.12 bits per heavy atom. The summed E-state index contributed by atoms with van der Waals surface area (Å²) in [5.41, 5.74) is 1.36. The van der Waals surface area contributed by atoms with E-state index in [4.69, 9.17) is 5.84 Å². The Labute approximate surface area is 96.9 Å². The van der Waals surface area contributed by atoms with Gasteiger partial charge in [-0.3, -0.25) is 0 Å². The highest BCUT2D eigenvalue weighted by molar-refractivity contribution is 5.54. The van der Waals surface area contributed by atoms with Gasteiger partial charge in [-0.1, -0.05) is 30.3 Å². The molecule has 0 spiro atoms. The average Bonchev–Trinajstić information content (AvgIpc) is 2.34. The second kappa shape index (κ2) is 7.70. The molecule has 0 saturated carbocycles. The van der Waals surface area contributed by atoms with Gasteiger partial charge in [0, 0.05) is 12.6 Å². The fourth-order valence-electron chi connectivity index (χ4n) is 1.62. The Balaban J connectivity index is 2.37. The van der Waals surface area contributed by atoms with Crippen LogP contribution in [0, 0.1) is 0 Å². The number of hydrogen-bond donors (Lipinski definition) is 3. The van der Waals surface area contributed by atoms with Crippen LogP contribution in [-0.4, -0.2) is 26.0 Å². The molecule has 0 fully saturated rings. The van der Waals surface area contributed by atoms with Crippen LogP contribution in [-0.2, 0) is 6.42 Å². The van der Waals surface area contributed by atoms with Gasteiger partial charge in [-0.15, -0.1) is 0 Å². The molecule has 1 aromatic rings. The van der Waals surface area contributed by atoms with Gasteiger partial charge in [-0.25, -0.2) is 0 Å². The van der Waals surface area contributed by atoms with E-state index in [1.807, 2.05) is 13.1 Å². The summed E-state index contributed by atoms with van der Waals surface area (Å²) >= 11 is 0. The summed E-state index contributed by atoms with van der Waals surface area (Å²) < 4.78 is 0. The van der Waals surface area contributed by atoms with Gasteiger partial charge in [-0.2, -0.15) is 5.10 Å². The molecule has 1 unspecified atom stereocenters. The number of aryl methyl sites for hydroxylation is 1. The fraction of sp³-hybridized carbons (Fsp3) is 0.417. The lowest BCUT2D eigenvalue weighted by atomic mass is 10.1. The predicted octanol–water partition coefficient (Wildman–Crippen LogP) is 0.699. The van der Waals surface area contributed by atoms with E-state index in [1.165, 1.54) is 5.56 Å². The van der Waals surface area contributed by atoms with Crippen LogP contribution in [0.25, 0.3) is 0 Å². The molecule has 0 aromatic heterocycles. The molecule has 1 atom stereocenters.